The maximum absolute atomic E-state index is 15.0. The van der Waals surface area contributed by atoms with Crippen LogP contribution in [-0.4, -0.2) is 15.9 Å². The Morgan fingerprint density at radius 1 is 0.816 bits per heavy atom. The second-order valence-corrected chi connectivity index (χ2v) is 10.6. The number of carbonyl (C=O) groups is 1. The number of nitrogens with zero attached hydrogens (tertiary/aromatic N) is 1. The fourth-order valence-electron chi connectivity index (χ4n) is 6.18. The van der Waals surface area contributed by atoms with Crippen molar-refractivity contribution in [1.82, 2.24) is 9.97 Å². The van der Waals surface area contributed by atoms with Gasteiger partial charge in [-0.25, -0.2) is 0 Å². The Kier molecular flexibility index (Phi) is 5.04. The molecule has 5 heteroatoms. The molecule has 0 saturated heterocycles. The van der Waals surface area contributed by atoms with Crippen LogP contribution in [0.25, 0.3) is 21.8 Å². The van der Waals surface area contributed by atoms with E-state index in [9.17, 15) is 0 Å². The van der Waals surface area contributed by atoms with Gasteiger partial charge in [0.2, 0.25) is 5.91 Å². The summed E-state index contributed by atoms with van der Waals surface area (Å²) in [6, 6.07) is 30.5. The molecule has 3 heterocycles. The van der Waals surface area contributed by atoms with Crippen molar-refractivity contribution in [2.24, 2.45) is 0 Å². The lowest BCUT2D eigenvalue weighted by atomic mass is 9.70. The number of rotatable bonds is 4. The first-order valence-electron chi connectivity index (χ1n) is 12.8. The van der Waals surface area contributed by atoms with E-state index in [2.05, 4.69) is 60.2 Å². The number of anilines is 1. The molecule has 0 saturated carbocycles. The Bertz CT molecular complexity index is 1870. The van der Waals surface area contributed by atoms with E-state index in [0.717, 1.165) is 50.1 Å². The molecule has 0 fully saturated rings. The van der Waals surface area contributed by atoms with Crippen LogP contribution in [0.5, 0.6) is 0 Å². The summed E-state index contributed by atoms with van der Waals surface area (Å²) in [7, 11) is 0. The van der Waals surface area contributed by atoms with Gasteiger partial charge in [-0.1, -0.05) is 72.3 Å². The fourth-order valence-corrected chi connectivity index (χ4v) is 6.35. The number of aromatic nitrogens is 2. The lowest BCUT2D eigenvalue weighted by Gasteiger charge is -2.30. The molecule has 1 aliphatic rings. The predicted octanol–water partition coefficient (Wildman–Crippen LogP) is 7.80. The Balaban J connectivity index is 1.56. The van der Waals surface area contributed by atoms with Gasteiger partial charge in [0.05, 0.1) is 6.54 Å². The van der Waals surface area contributed by atoms with Crippen LogP contribution in [0.15, 0.2) is 97.2 Å². The first-order chi connectivity index (χ1) is 18.5. The normalized spacial score (nSPS) is 17.0. The van der Waals surface area contributed by atoms with Gasteiger partial charge in [-0.15, -0.1) is 0 Å². The van der Waals surface area contributed by atoms with Gasteiger partial charge in [-0.3, -0.25) is 4.79 Å². The number of aromatic amines is 2. The highest BCUT2D eigenvalue weighted by Gasteiger charge is 2.54. The molecule has 1 unspecified atom stereocenters. The average molecular weight is 516 g/mol. The molecule has 2 N–H and O–H groups in total. The molecule has 0 bridgehead atoms. The van der Waals surface area contributed by atoms with Gasteiger partial charge in [0.25, 0.3) is 0 Å². The SMILES string of the molecule is Cc1[nH]c2cc(C3(c4c[nH]c5ccccc45)C(=O)N(Cc4ccccc4)c4ccc(Cl)cc43)ccc2c1C. The Labute approximate surface area is 225 Å². The number of H-pyrrole nitrogens is 2. The van der Waals surface area contributed by atoms with Gasteiger partial charge >= 0.3 is 0 Å². The van der Waals surface area contributed by atoms with Gasteiger partial charge in [0.15, 0.2) is 0 Å². The first kappa shape index (κ1) is 22.9. The molecule has 7 rings (SSSR count). The molecule has 38 heavy (non-hydrogen) atoms. The second-order valence-electron chi connectivity index (χ2n) is 10.2. The molecule has 1 atom stereocenters. The summed E-state index contributed by atoms with van der Waals surface area (Å²) in [5.41, 5.74) is 7.99. The lowest BCUT2D eigenvalue weighted by Crippen LogP contribution is -2.42. The Hall–Kier alpha value is -4.28. The van der Waals surface area contributed by atoms with Crippen molar-refractivity contribution in [2.45, 2.75) is 25.8 Å². The average Bonchev–Trinajstić information content (AvgIpc) is 3.56. The van der Waals surface area contributed by atoms with E-state index in [-0.39, 0.29) is 5.91 Å². The predicted molar refractivity (Wildman–Crippen MR) is 155 cm³/mol. The van der Waals surface area contributed by atoms with Crippen LogP contribution < -0.4 is 4.90 Å². The third-order valence-corrected chi connectivity index (χ3v) is 8.37. The van der Waals surface area contributed by atoms with Crippen LogP contribution in [0.3, 0.4) is 0 Å². The van der Waals surface area contributed by atoms with E-state index in [1.165, 1.54) is 10.9 Å². The third kappa shape index (κ3) is 3.13. The van der Waals surface area contributed by atoms with Crippen LogP contribution >= 0.6 is 11.6 Å². The van der Waals surface area contributed by atoms with E-state index in [0.29, 0.717) is 11.6 Å². The smallest absolute Gasteiger partial charge is 0.247 e. The highest BCUT2D eigenvalue weighted by Crippen LogP contribution is 2.53. The van der Waals surface area contributed by atoms with E-state index in [4.69, 9.17) is 11.6 Å². The zero-order chi connectivity index (χ0) is 26.0. The molecular formula is C33H26ClN3O. The monoisotopic (exact) mass is 515 g/mol. The molecule has 186 valence electrons. The molecule has 4 nitrogen and oxygen atoms in total. The number of para-hydroxylation sites is 1. The maximum atomic E-state index is 15.0. The summed E-state index contributed by atoms with van der Waals surface area (Å²) in [6.45, 7) is 4.68. The minimum atomic E-state index is -1.07. The molecule has 0 aliphatic carbocycles. The number of halogens is 1. The third-order valence-electron chi connectivity index (χ3n) is 8.14. The minimum Gasteiger partial charge on any atom is -0.361 e. The molecule has 6 aromatic rings. The fraction of sp³-hybridized carbons (Fsp3) is 0.121. The summed E-state index contributed by atoms with van der Waals surface area (Å²) in [5, 5.41) is 2.79. The number of nitrogens with one attached hydrogen (secondary N) is 2. The number of amides is 1. The number of hydrogen-bond donors (Lipinski definition) is 2. The number of carbonyl (C=O) groups excluding carboxylic acids is 1. The Morgan fingerprint density at radius 3 is 2.45 bits per heavy atom. The molecule has 2 aromatic heterocycles. The van der Waals surface area contributed by atoms with Crippen molar-refractivity contribution < 1.29 is 4.79 Å². The lowest BCUT2D eigenvalue weighted by molar-refractivity contribution is -0.120. The number of fused-ring (bicyclic) bond motifs is 3. The zero-order valence-electron chi connectivity index (χ0n) is 21.2. The van der Waals surface area contributed by atoms with Crippen LogP contribution in [0.2, 0.25) is 5.02 Å². The van der Waals surface area contributed by atoms with E-state index in [1.807, 2.05) is 65.7 Å². The Morgan fingerprint density at radius 2 is 1.61 bits per heavy atom. The highest BCUT2D eigenvalue weighted by atomic mass is 35.5. The largest absolute Gasteiger partial charge is 0.361 e. The highest BCUT2D eigenvalue weighted by molar-refractivity contribution is 6.31. The topological polar surface area (TPSA) is 51.9 Å². The van der Waals surface area contributed by atoms with Gasteiger partial charge < -0.3 is 14.9 Å². The van der Waals surface area contributed by atoms with Gasteiger partial charge in [-0.2, -0.15) is 0 Å². The van der Waals surface area contributed by atoms with E-state index < -0.39 is 5.41 Å². The quantitative estimate of drug-likeness (QED) is 0.247. The van der Waals surface area contributed by atoms with Crippen LogP contribution in [0, 0.1) is 13.8 Å². The molecule has 0 spiro atoms. The van der Waals surface area contributed by atoms with Crippen molar-refractivity contribution in [1.29, 1.82) is 0 Å². The van der Waals surface area contributed by atoms with Crippen molar-refractivity contribution in [3.05, 3.63) is 136 Å². The van der Waals surface area contributed by atoms with Gasteiger partial charge in [-0.05, 0) is 60.9 Å². The summed E-state index contributed by atoms with van der Waals surface area (Å²) in [6.07, 6.45) is 1.99. The number of hydrogen-bond acceptors (Lipinski definition) is 1. The van der Waals surface area contributed by atoms with Crippen LogP contribution in [0.4, 0.5) is 5.69 Å². The van der Waals surface area contributed by atoms with Gasteiger partial charge in [0, 0.05) is 55.5 Å². The molecular weight excluding hydrogens is 490 g/mol. The second kappa shape index (κ2) is 8.37. The maximum Gasteiger partial charge on any atom is 0.247 e. The summed E-state index contributed by atoms with van der Waals surface area (Å²) < 4.78 is 0. The van der Waals surface area contributed by atoms with Crippen LogP contribution in [-0.2, 0) is 16.8 Å². The summed E-state index contributed by atoms with van der Waals surface area (Å²) in [5.74, 6) is 0.0164. The van der Waals surface area contributed by atoms with Crippen molar-refractivity contribution >= 4 is 45.0 Å². The minimum absolute atomic E-state index is 0.0164. The van der Waals surface area contributed by atoms with Gasteiger partial charge in [0.1, 0.15) is 5.41 Å². The van der Waals surface area contributed by atoms with Crippen molar-refractivity contribution in [3.8, 4) is 0 Å². The molecule has 4 aromatic carbocycles. The first-order valence-corrected chi connectivity index (χ1v) is 13.2. The molecule has 0 radical (unpaired) electrons. The van der Waals surface area contributed by atoms with E-state index in [1.54, 1.807) is 0 Å². The number of aryl methyl sites for hydroxylation is 2. The van der Waals surface area contributed by atoms with Crippen molar-refractivity contribution in [2.75, 3.05) is 4.90 Å². The van der Waals surface area contributed by atoms with Crippen LogP contribution in [0.1, 0.15) is 33.5 Å². The molecule has 1 aliphatic heterocycles. The number of benzene rings is 4. The zero-order valence-corrected chi connectivity index (χ0v) is 21.9. The van der Waals surface area contributed by atoms with Crippen molar-refractivity contribution in [3.63, 3.8) is 0 Å². The summed E-state index contributed by atoms with van der Waals surface area (Å²) in [4.78, 5) is 23.9. The molecule has 1 amide bonds. The standard InChI is InChI=1S/C33H26ClN3O/c1-20-21(2)36-30-16-23(12-14-25(20)30)33(28-18-35-29-11-7-6-10-26(28)29)27-17-24(34)13-15-31(27)37(32(33)38)19-22-8-4-3-5-9-22/h3-18,35-36H,19H2,1-2H3. The summed E-state index contributed by atoms with van der Waals surface area (Å²) >= 11 is 6.65. The van der Waals surface area contributed by atoms with E-state index >= 15 is 4.79 Å².